The summed E-state index contributed by atoms with van der Waals surface area (Å²) >= 11 is 0. The van der Waals surface area contributed by atoms with Crippen LogP contribution in [0.3, 0.4) is 0 Å². The quantitative estimate of drug-likeness (QED) is 0.779. The van der Waals surface area contributed by atoms with Crippen LogP contribution < -0.4 is 10.6 Å². The molecule has 0 radical (unpaired) electrons. The lowest BCUT2D eigenvalue weighted by molar-refractivity contribution is 0.0504. The summed E-state index contributed by atoms with van der Waals surface area (Å²) in [4.78, 5) is 35.6. The summed E-state index contributed by atoms with van der Waals surface area (Å²) < 4.78 is 14.8. The molecule has 0 spiro atoms. The van der Waals surface area contributed by atoms with Gasteiger partial charge in [0.2, 0.25) is 5.88 Å². The monoisotopic (exact) mass is 312 g/mol. The Morgan fingerprint density at radius 1 is 1.14 bits per heavy atom. The maximum absolute atomic E-state index is 12.0. The van der Waals surface area contributed by atoms with Crippen LogP contribution in [-0.2, 0) is 9.47 Å². The molecular formula is C14H20N2O6. The maximum atomic E-state index is 12.0. The molecule has 0 aliphatic heterocycles. The van der Waals surface area contributed by atoms with Crippen LogP contribution in [0.25, 0.3) is 0 Å². The molecule has 0 atom stereocenters. The van der Waals surface area contributed by atoms with Crippen LogP contribution in [0, 0.1) is 6.92 Å². The van der Waals surface area contributed by atoms with Gasteiger partial charge >= 0.3 is 18.0 Å². The molecule has 1 aromatic rings. The number of carbonyl (C=O) groups is 3. The van der Waals surface area contributed by atoms with Gasteiger partial charge in [-0.1, -0.05) is 6.92 Å². The van der Waals surface area contributed by atoms with E-state index in [4.69, 9.17) is 9.15 Å². The summed E-state index contributed by atoms with van der Waals surface area (Å²) in [6.45, 7) is 5.64. The number of urea groups is 1. The number of hydrogen-bond acceptors (Lipinski definition) is 6. The fraction of sp³-hybridized carbons (Fsp3) is 0.500. The molecule has 1 rings (SSSR count). The number of aryl methyl sites for hydroxylation is 1. The van der Waals surface area contributed by atoms with Gasteiger partial charge in [-0.2, -0.15) is 0 Å². The van der Waals surface area contributed by atoms with Gasteiger partial charge in [0.15, 0.2) is 0 Å². The second-order valence-electron chi connectivity index (χ2n) is 4.33. The Labute approximate surface area is 128 Å². The third-order valence-corrected chi connectivity index (χ3v) is 2.72. The van der Waals surface area contributed by atoms with Gasteiger partial charge in [0.05, 0.1) is 13.7 Å². The minimum atomic E-state index is -0.800. The number of methoxy groups -OCH3 is 1. The van der Waals surface area contributed by atoms with Gasteiger partial charge in [0.25, 0.3) is 0 Å². The van der Waals surface area contributed by atoms with E-state index in [1.54, 1.807) is 6.92 Å². The molecule has 2 N–H and O–H groups in total. The van der Waals surface area contributed by atoms with E-state index in [2.05, 4.69) is 15.4 Å². The van der Waals surface area contributed by atoms with Crippen molar-refractivity contribution in [3.05, 3.63) is 16.9 Å². The molecule has 122 valence electrons. The Bertz CT molecular complexity index is 564. The number of esters is 2. The summed E-state index contributed by atoms with van der Waals surface area (Å²) in [5.41, 5.74) is -0.218. The lowest BCUT2D eigenvalue weighted by Gasteiger charge is -2.06. The van der Waals surface area contributed by atoms with E-state index in [1.807, 2.05) is 6.92 Å². The number of anilines is 1. The van der Waals surface area contributed by atoms with E-state index in [9.17, 15) is 14.4 Å². The minimum absolute atomic E-state index is 0.0560. The van der Waals surface area contributed by atoms with Crippen molar-refractivity contribution in [2.45, 2.75) is 27.2 Å². The summed E-state index contributed by atoms with van der Waals surface area (Å²) in [6, 6.07) is -0.545. The molecule has 22 heavy (non-hydrogen) atoms. The van der Waals surface area contributed by atoms with E-state index < -0.39 is 18.0 Å². The molecular weight excluding hydrogens is 292 g/mol. The average Bonchev–Trinajstić information content (AvgIpc) is 2.80. The summed E-state index contributed by atoms with van der Waals surface area (Å²) in [5.74, 6) is -1.51. The molecule has 0 unspecified atom stereocenters. The van der Waals surface area contributed by atoms with E-state index in [0.717, 1.165) is 6.42 Å². The largest absolute Gasteiger partial charge is 0.465 e. The predicted molar refractivity (Wildman–Crippen MR) is 78.1 cm³/mol. The van der Waals surface area contributed by atoms with Crippen molar-refractivity contribution < 1.29 is 28.3 Å². The first-order valence-electron chi connectivity index (χ1n) is 6.89. The van der Waals surface area contributed by atoms with Crippen LogP contribution in [0.5, 0.6) is 0 Å². The van der Waals surface area contributed by atoms with E-state index in [1.165, 1.54) is 14.0 Å². The standard InChI is InChI=1S/C14H20N2O6/c1-5-7-15-14(19)16-11-10(12(17)20-4)9(8(3)22-11)13(18)21-6-2/h5-7H2,1-4H3,(H2,15,16,19). The van der Waals surface area contributed by atoms with Gasteiger partial charge in [-0.3, -0.25) is 5.32 Å². The predicted octanol–water partition coefficient (Wildman–Crippen LogP) is 2.08. The zero-order chi connectivity index (χ0) is 16.7. The van der Waals surface area contributed by atoms with Crippen LogP contribution in [0.4, 0.5) is 10.7 Å². The Kier molecular flexibility index (Phi) is 6.43. The van der Waals surface area contributed by atoms with Crippen LogP contribution in [0.15, 0.2) is 4.42 Å². The molecule has 0 saturated heterocycles. The molecule has 0 fully saturated rings. The van der Waals surface area contributed by atoms with Gasteiger partial charge < -0.3 is 19.2 Å². The second kappa shape index (κ2) is 8.06. The number of amides is 2. The molecule has 1 aromatic heterocycles. The minimum Gasteiger partial charge on any atom is -0.465 e. The highest BCUT2D eigenvalue weighted by molar-refractivity contribution is 6.09. The van der Waals surface area contributed by atoms with E-state index in [0.29, 0.717) is 6.54 Å². The fourth-order valence-electron chi connectivity index (χ4n) is 1.76. The van der Waals surface area contributed by atoms with Gasteiger partial charge in [0, 0.05) is 6.54 Å². The van der Waals surface area contributed by atoms with Gasteiger partial charge in [-0.05, 0) is 20.3 Å². The molecule has 0 aromatic carbocycles. The number of hydrogen-bond donors (Lipinski definition) is 2. The van der Waals surface area contributed by atoms with Crippen molar-refractivity contribution in [3.8, 4) is 0 Å². The molecule has 0 bridgehead atoms. The highest BCUT2D eigenvalue weighted by atomic mass is 16.5. The molecule has 8 nitrogen and oxygen atoms in total. The SMILES string of the molecule is CCCNC(=O)Nc1oc(C)c(C(=O)OCC)c1C(=O)OC. The van der Waals surface area contributed by atoms with Crippen LogP contribution in [0.2, 0.25) is 0 Å². The first-order valence-corrected chi connectivity index (χ1v) is 6.89. The lowest BCUT2D eigenvalue weighted by atomic mass is 10.1. The van der Waals surface area contributed by atoms with Crippen molar-refractivity contribution in [1.29, 1.82) is 0 Å². The van der Waals surface area contributed by atoms with E-state index in [-0.39, 0.29) is 29.4 Å². The normalized spacial score (nSPS) is 10.0. The number of nitrogens with one attached hydrogen (secondary N) is 2. The number of carbonyl (C=O) groups excluding carboxylic acids is 3. The number of ether oxygens (including phenoxy) is 2. The first-order chi connectivity index (χ1) is 10.5. The molecule has 0 aliphatic rings. The Morgan fingerprint density at radius 2 is 1.82 bits per heavy atom. The van der Waals surface area contributed by atoms with Crippen molar-refractivity contribution in [2.75, 3.05) is 25.6 Å². The fourth-order valence-corrected chi connectivity index (χ4v) is 1.76. The highest BCUT2D eigenvalue weighted by Crippen LogP contribution is 2.28. The topological polar surface area (TPSA) is 107 Å². The molecule has 0 saturated carbocycles. The van der Waals surface area contributed by atoms with Crippen LogP contribution in [0.1, 0.15) is 46.7 Å². The number of rotatable bonds is 6. The molecule has 0 aliphatic carbocycles. The smallest absolute Gasteiger partial charge is 0.344 e. The highest BCUT2D eigenvalue weighted by Gasteiger charge is 2.30. The van der Waals surface area contributed by atoms with Crippen molar-refractivity contribution in [1.82, 2.24) is 5.32 Å². The lowest BCUT2D eigenvalue weighted by Crippen LogP contribution is -2.29. The maximum Gasteiger partial charge on any atom is 0.344 e. The van der Waals surface area contributed by atoms with Crippen LogP contribution >= 0.6 is 0 Å². The Hall–Kier alpha value is -2.51. The van der Waals surface area contributed by atoms with Crippen molar-refractivity contribution >= 4 is 23.9 Å². The van der Waals surface area contributed by atoms with E-state index >= 15 is 0 Å². The molecule has 8 heteroatoms. The van der Waals surface area contributed by atoms with Gasteiger partial charge in [0.1, 0.15) is 16.9 Å². The summed E-state index contributed by atoms with van der Waals surface area (Å²) in [7, 11) is 1.17. The molecule has 2 amide bonds. The third kappa shape index (κ3) is 4.00. The van der Waals surface area contributed by atoms with Gasteiger partial charge in [-0.15, -0.1) is 0 Å². The third-order valence-electron chi connectivity index (χ3n) is 2.72. The van der Waals surface area contributed by atoms with Crippen molar-refractivity contribution in [3.63, 3.8) is 0 Å². The zero-order valence-electron chi connectivity index (χ0n) is 13.1. The van der Waals surface area contributed by atoms with Crippen LogP contribution in [-0.4, -0.2) is 38.2 Å². The van der Waals surface area contributed by atoms with Gasteiger partial charge in [-0.25, -0.2) is 14.4 Å². The second-order valence-corrected chi connectivity index (χ2v) is 4.33. The van der Waals surface area contributed by atoms with Crippen molar-refractivity contribution in [2.24, 2.45) is 0 Å². The first kappa shape index (κ1) is 17.5. The Balaban J connectivity index is 3.17. The summed E-state index contributed by atoms with van der Waals surface area (Å²) in [5, 5.41) is 4.96. The summed E-state index contributed by atoms with van der Waals surface area (Å²) in [6.07, 6.45) is 0.753. The average molecular weight is 312 g/mol. The zero-order valence-corrected chi connectivity index (χ0v) is 13.1. The Morgan fingerprint density at radius 3 is 2.36 bits per heavy atom. The molecule has 1 heterocycles. The number of furan rings is 1.